The number of amides is 5. The Balaban J connectivity index is 1.76. The number of nitrogens with two attached hydrogens (primary N) is 2. The average Bonchev–Trinajstić information content (AvgIpc) is 3.14. The molecule has 0 bridgehead atoms. The number of rotatable bonds is 10. The molecule has 1 heterocycles. The summed E-state index contributed by atoms with van der Waals surface area (Å²) in [5.41, 5.74) is 11.8. The van der Waals surface area contributed by atoms with Crippen molar-refractivity contribution >= 4 is 64.0 Å². The number of aromatic hydroxyl groups is 1. The smallest absolute Gasteiger partial charge is 0.310 e. The molecule has 3 aromatic rings. The first-order valence-corrected chi connectivity index (χ1v) is 18.1. The van der Waals surface area contributed by atoms with E-state index in [1.54, 1.807) is 30.3 Å². The summed E-state index contributed by atoms with van der Waals surface area (Å²) in [5, 5.41) is 52.5. The van der Waals surface area contributed by atoms with Gasteiger partial charge in [-0.2, -0.15) is 0 Å². The minimum atomic E-state index is -2.19. The third kappa shape index (κ3) is 12.9. The van der Waals surface area contributed by atoms with Gasteiger partial charge in [-0.3, -0.25) is 33.8 Å². The molecular weight excluding hydrogens is 737 g/mol. The minimum Gasteiger partial charge on any atom is -0.508 e. The molecule has 1 aliphatic rings. The number of carbonyl (C=O) groups excluding carboxylic acids is 5. The van der Waals surface area contributed by atoms with Crippen LogP contribution >= 0.6 is 11.8 Å². The number of phenols is 1. The monoisotopic (exact) mass is 779 g/mol. The zero-order valence-electron chi connectivity index (χ0n) is 29.4. The number of aliphatic hydroxyl groups excluding tert-OH is 1. The molecule has 55 heavy (non-hydrogen) atoms. The number of carbonyl (C=O) groups is 6. The summed E-state index contributed by atoms with van der Waals surface area (Å²) >= 11 is 0.895. The van der Waals surface area contributed by atoms with E-state index in [4.69, 9.17) is 11.5 Å². The topological polar surface area (TPSA) is 308 Å². The maximum absolute atomic E-state index is 14.3. The van der Waals surface area contributed by atoms with Crippen molar-refractivity contribution in [2.24, 2.45) is 16.5 Å². The van der Waals surface area contributed by atoms with Gasteiger partial charge in [0.15, 0.2) is 12.2 Å². The molecule has 5 amide bonds. The number of phenolic OH excluding ortho intramolecular Hbond substituents is 1. The van der Waals surface area contributed by atoms with Crippen LogP contribution in [0.15, 0.2) is 71.7 Å². The van der Waals surface area contributed by atoms with Crippen LogP contribution in [0.3, 0.4) is 0 Å². The van der Waals surface area contributed by atoms with E-state index in [-0.39, 0.29) is 43.3 Å². The van der Waals surface area contributed by atoms with Gasteiger partial charge < -0.3 is 58.5 Å². The third-order valence-electron chi connectivity index (χ3n) is 8.36. The van der Waals surface area contributed by atoms with Crippen molar-refractivity contribution in [1.82, 2.24) is 26.6 Å². The van der Waals surface area contributed by atoms with Crippen LogP contribution in [0, 0.1) is 6.42 Å². The number of nitrogens with zero attached hydrogens (tertiary/aromatic N) is 1. The fourth-order valence-electron chi connectivity index (χ4n) is 5.58. The molecule has 1 fully saturated rings. The summed E-state index contributed by atoms with van der Waals surface area (Å²) in [6.45, 7) is -0.661. The van der Waals surface area contributed by atoms with Gasteiger partial charge in [0.1, 0.15) is 35.5 Å². The second-order valence-corrected chi connectivity index (χ2v) is 13.7. The molecule has 19 heteroatoms. The predicted molar refractivity (Wildman–Crippen MR) is 202 cm³/mol. The van der Waals surface area contributed by atoms with E-state index in [1.165, 1.54) is 12.1 Å². The van der Waals surface area contributed by atoms with Crippen LogP contribution in [0.5, 0.6) is 5.75 Å². The molecule has 3 aromatic carbocycles. The van der Waals surface area contributed by atoms with Gasteiger partial charge in [0.2, 0.25) is 29.5 Å². The molecule has 0 aromatic heterocycles. The number of carboxylic acids is 1. The van der Waals surface area contributed by atoms with E-state index in [9.17, 15) is 49.2 Å². The van der Waals surface area contributed by atoms with Gasteiger partial charge >= 0.3 is 5.97 Å². The zero-order valence-corrected chi connectivity index (χ0v) is 30.2. The normalized spacial score (nSPS) is 21.9. The van der Waals surface area contributed by atoms with Gasteiger partial charge in [-0.25, -0.2) is 0 Å². The Labute approximate surface area is 319 Å². The molecule has 5 atom stereocenters. The molecule has 1 aliphatic heterocycles. The highest BCUT2D eigenvalue weighted by Crippen LogP contribution is 2.32. The number of guanidine groups is 1. The number of hydrogen-bond donors (Lipinski definition) is 11. The van der Waals surface area contributed by atoms with Crippen LogP contribution in [0.2, 0.25) is 0 Å². The van der Waals surface area contributed by atoms with Crippen molar-refractivity contribution in [3.05, 3.63) is 84.3 Å². The standard InChI is InChI=1S/C36H43N8O10S/c37-36(38)39-13-3-6-24-31(49)40-17-28(46)41-26(16-29(47)48)33(51)44-27(35(53)54)18-55-30(22-10-9-20-4-1-2-5-21(20)15-22)34(52)43-25(32(50)42-24)14-19-7-11-23(45)12-8-19/h1-2,4-5,7-12,15-16,24-27,30,35,45,53-54H,3,6,13-14,17-18H2,(H,40,49)(H,41,46)(H,42,50)(H,43,52)(H,44,51)(H,47,48)(H4,37,38,39). The second-order valence-electron chi connectivity index (χ2n) is 12.6. The van der Waals surface area contributed by atoms with Crippen molar-refractivity contribution in [3.63, 3.8) is 0 Å². The van der Waals surface area contributed by atoms with E-state index in [0.717, 1.165) is 22.5 Å². The summed E-state index contributed by atoms with van der Waals surface area (Å²) in [4.78, 5) is 83.4. The summed E-state index contributed by atoms with van der Waals surface area (Å²) < 4.78 is 0. The molecule has 1 saturated heterocycles. The average molecular weight is 780 g/mol. The Morgan fingerprint density at radius 1 is 0.855 bits per heavy atom. The summed E-state index contributed by atoms with van der Waals surface area (Å²) in [6, 6.07) is 12.6. The Kier molecular flexibility index (Phi) is 15.2. The number of aliphatic hydroxyl groups is 2. The van der Waals surface area contributed by atoms with Gasteiger partial charge in [0.05, 0.1) is 12.6 Å². The Morgan fingerprint density at radius 3 is 2.22 bits per heavy atom. The number of hydrogen-bond acceptors (Lipinski definition) is 11. The van der Waals surface area contributed by atoms with Crippen molar-refractivity contribution in [3.8, 4) is 5.75 Å². The first-order valence-electron chi connectivity index (χ1n) is 17.1. The second kappa shape index (κ2) is 20.0. The number of thioether (sulfide) groups is 1. The van der Waals surface area contributed by atoms with Crippen molar-refractivity contribution < 1.29 is 49.2 Å². The van der Waals surface area contributed by atoms with E-state index >= 15 is 0 Å². The molecule has 293 valence electrons. The first kappa shape index (κ1) is 41.8. The number of benzene rings is 3. The molecule has 0 saturated carbocycles. The van der Waals surface area contributed by atoms with Crippen molar-refractivity contribution in [2.45, 2.75) is 55.0 Å². The van der Waals surface area contributed by atoms with Crippen molar-refractivity contribution in [1.29, 1.82) is 0 Å². The van der Waals surface area contributed by atoms with Crippen LogP contribution in [-0.2, 0) is 35.2 Å². The molecular formula is C36H43N8O10S. The molecule has 18 nitrogen and oxygen atoms in total. The number of nitrogens with one attached hydrogen (secondary N) is 5. The zero-order chi connectivity index (χ0) is 40.1. The number of aliphatic carboxylic acids is 1. The lowest BCUT2D eigenvalue weighted by Gasteiger charge is -2.28. The molecule has 4 rings (SSSR count). The van der Waals surface area contributed by atoms with Crippen LogP contribution < -0.4 is 38.1 Å². The lowest BCUT2D eigenvalue weighted by Crippen LogP contribution is -2.57. The Bertz CT molecular complexity index is 1890. The van der Waals surface area contributed by atoms with Crippen LogP contribution in [0.25, 0.3) is 10.8 Å². The Morgan fingerprint density at radius 2 is 1.55 bits per heavy atom. The van der Waals surface area contributed by atoms with Crippen molar-refractivity contribution in [2.75, 3.05) is 18.8 Å². The van der Waals surface area contributed by atoms with Gasteiger partial charge in [-0.1, -0.05) is 48.5 Å². The van der Waals surface area contributed by atoms with Gasteiger partial charge in [0.25, 0.3) is 0 Å². The lowest BCUT2D eigenvalue weighted by molar-refractivity contribution is -0.137. The third-order valence-corrected chi connectivity index (χ3v) is 9.73. The van der Waals surface area contributed by atoms with E-state index in [1.807, 2.05) is 24.3 Å². The summed E-state index contributed by atoms with van der Waals surface area (Å²) in [6.07, 6.45) is -1.64. The lowest BCUT2D eigenvalue weighted by atomic mass is 10.0. The fraction of sp³-hybridized carbons (Fsp3) is 0.333. The molecule has 1 radical (unpaired) electrons. The number of fused-ring (bicyclic) bond motifs is 1. The van der Waals surface area contributed by atoms with Crippen LogP contribution in [0.1, 0.15) is 29.2 Å². The molecule has 13 N–H and O–H groups in total. The molecule has 0 aliphatic carbocycles. The highest BCUT2D eigenvalue weighted by Gasteiger charge is 2.34. The van der Waals surface area contributed by atoms with Gasteiger partial charge in [0, 0.05) is 18.7 Å². The Hall–Kier alpha value is -5.92. The highest BCUT2D eigenvalue weighted by atomic mass is 32.2. The quantitative estimate of drug-likeness (QED) is 0.0473. The summed E-state index contributed by atoms with van der Waals surface area (Å²) in [7, 11) is 0. The van der Waals surface area contributed by atoms with Gasteiger partial charge in [-0.05, 0) is 52.9 Å². The van der Waals surface area contributed by atoms with Gasteiger partial charge in [-0.15, -0.1) is 11.8 Å². The van der Waals surface area contributed by atoms with E-state index in [0.29, 0.717) is 17.5 Å². The predicted octanol–water partition coefficient (Wildman–Crippen LogP) is -1.72. The fourth-order valence-corrected chi connectivity index (χ4v) is 6.79. The maximum atomic E-state index is 14.3. The summed E-state index contributed by atoms with van der Waals surface area (Å²) in [5.74, 6) is -6.52. The highest BCUT2D eigenvalue weighted by molar-refractivity contribution is 8.00. The van der Waals surface area contributed by atoms with E-state index in [2.05, 4.69) is 31.6 Å². The number of carboxylic acid groups (broad SMARTS) is 1. The van der Waals surface area contributed by atoms with Crippen LogP contribution in [-0.4, -0.2) is 111 Å². The SMILES string of the molecule is NC(N)=NCCCC1NC(=O)C(Cc2ccc(O)cc2)NC(=O)C(c2ccc3ccccc3c2)SCC(C(O)O)NC(=O)C([CH]C(=O)O)NC(=O)CNC1=O. The first-order chi connectivity index (χ1) is 26.2. The largest absolute Gasteiger partial charge is 0.508 e. The van der Waals surface area contributed by atoms with E-state index < -0.39 is 77.8 Å². The minimum absolute atomic E-state index is 0.0197. The maximum Gasteiger partial charge on any atom is 0.310 e. The molecule has 0 spiro atoms. The van der Waals surface area contributed by atoms with Crippen LogP contribution in [0.4, 0.5) is 0 Å². The number of aliphatic imine (C=N–C) groups is 1. The molecule has 5 unspecified atom stereocenters.